The Labute approximate surface area is 113 Å². The van der Waals surface area contributed by atoms with Gasteiger partial charge in [0, 0.05) is 24.5 Å². The molecule has 0 amide bonds. The van der Waals surface area contributed by atoms with Crippen LogP contribution in [0.3, 0.4) is 0 Å². The van der Waals surface area contributed by atoms with E-state index in [2.05, 4.69) is 9.88 Å². The van der Waals surface area contributed by atoms with Gasteiger partial charge in [0.1, 0.15) is 4.99 Å². The highest BCUT2D eigenvalue weighted by atomic mass is 32.1. The summed E-state index contributed by atoms with van der Waals surface area (Å²) in [4.78, 5) is 6.90. The molecule has 0 aromatic carbocycles. The molecule has 1 aromatic heterocycles. The molecule has 1 atom stereocenters. The number of anilines is 1. The molecule has 18 heavy (non-hydrogen) atoms. The van der Waals surface area contributed by atoms with Gasteiger partial charge in [0.05, 0.1) is 16.9 Å². The highest BCUT2D eigenvalue weighted by Gasteiger charge is 2.33. The Morgan fingerprint density at radius 1 is 1.56 bits per heavy atom. The summed E-state index contributed by atoms with van der Waals surface area (Å²) in [5, 5.41) is 10.1. The lowest BCUT2D eigenvalue weighted by molar-refractivity contribution is 0.0839. The van der Waals surface area contributed by atoms with Gasteiger partial charge in [-0.1, -0.05) is 12.2 Å². The van der Waals surface area contributed by atoms with E-state index in [0.29, 0.717) is 11.5 Å². The monoisotopic (exact) mass is 265 g/mol. The van der Waals surface area contributed by atoms with Crippen molar-refractivity contribution in [2.75, 3.05) is 18.0 Å². The maximum atomic E-state index is 10.1. The highest BCUT2D eigenvalue weighted by Crippen LogP contribution is 2.30. The summed E-state index contributed by atoms with van der Waals surface area (Å²) >= 11 is 5.12. The van der Waals surface area contributed by atoms with Crippen LogP contribution in [0.15, 0.2) is 6.07 Å². The van der Waals surface area contributed by atoms with Crippen molar-refractivity contribution in [2.45, 2.75) is 32.8 Å². The Morgan fingerprint density at radius 3 is 2.72 bits per heavy atom. The van der Waals surface area contributed by atoms with Crippen LogP contribution in [0.1, 0.15) is 30.3 Å². The first-order valence-electron chi connectivity index (χ1n) is 6.05. The van der Waals surface area contributed by atoms with Crippen molar-refractivity contribution in [2.24, 2.45) is 5.73 Å². The quantitative estimate of drug-likeness (QED) is 0.789. The fraction of sp³-hybridized carbons (Fsp3) is 0.538. The summed E-state index contributed by atoms with van der Waals surface area (Å²) in [5.74, 6) is 0. The molecule has 4 nitrogen and oxygen atoms in total. The zero-order valence-electron chi connectivity index (χ0n) is 11.0. The summed E-state index contributed by atoms with van der Waals surface area (Å²) in [6.45, 7) is 7.14. The molecule has 5 heteroatoms. The number of aryl methyl sites for hydroxylation is 2. The first-order chi connectivity index (χ1) is 8.30. The first-order valence-corrected chi connectivity index (χ1v) is 6.46. The lowest BCUT2D eigenvalue weighted by Gasteiger charge is -2.24. The van der Waals surface area contributed by atoms with Crippen molar-refractivity contribution in [3.8, 4) is 0 Å². The van der Waals surface area contributed by atoms with Crippen LogP contribution in [0, 0.1) is 13.8 Å². The van der Waals surface area contributed by atoms with E-state index in [1.54, 1.807) is 0 Å². The average Bonchev–Trinajstić information content (AvgIpc) is 2.56. The third kappa shape index (κ3) is 2.47. The predicted octanol–water partition coefficient (Wildman–Crippen LogP) is 1.29. The SMILES string of the molecule is Cc1cc(N2CCC(C)(O)C2)c(C(N)=S)c(C)n1. The van der Waals surface area contributed by atoms with Crippen LogP contribution in [0.2, 0.25) is 0 Å². The van der Waals surface area contributed by atoms with Crippen LogP contribution >= 0.6 is 12.2 Å². The lowest BCUT2D eigenvalue weighted by Crippen LogP contribution is -2.31. The van der Waals surface area contributed by atoms with Crippen LogP contribution in [-0.4, -0.2) is 33.8 Å². The summed E-state index contributed by atoms with van der Waals surface area (Å²) in [7, 11) is 0. The first kappa shape index (κ1) is 13.2. The fourth-order valence-electron chi connectivity index (χ4n) is 2.51. The maximum absolute atomic E-state index is 10.1. The average molecular weight is 265 g/mol. The number of thiocarbonyl (C=S) groups is 1. The number of aromatic nitrogens is 1. The molecule has 1 aromatic rings. The summed E-state index contributed by atoms with van der Waals surface area (Å²) in [6.07, 6.45) is 0.754. The number of hydrogen-bond acceptors (Lipinski definition) is 4. The van der Waals surface area contributed by atoms with Crippen molar-refractivity contribution in [3.63, 3.8) is 0 Å². The number of hydrogen-bond donors (Lipinski definition) is 2. The lowest BCUT2D eigenvalue weighted by atomic mass is 10.1. The Morgan fingerprint density at radius 2 is 2.22 bits per heavy atom. The van der Waals surface area contributed by atoms with Gasteiger partial charge in [-0.3, -0.25) is 4.98 Å². The van der Waals surface area contributed by atoms with E-state index in [1.165, 1.54) is 0 Å². The fourth-order valence-corrected chi connectivity index (χ4v) is 2.77. The van der Waals surface area contributed by atoms with Gasteiger partial charge < -0.3 is 15.7 Å². The van der Waals surface area contributed by atoms with Gasteiger partial charge in [-0.15, -0.1) is 0 Å². The highest BCUT2D eigenvalue weighted by molar-refractivity contribution is 7.80. The van der Waals surface area contributed by atoms with Gasteiger partial charge in [-0.2, -0.15) is 0 Å². The molecule has 0 radical (unpaired) electrons. The van der Waals surface area contributed by atoms with Crippen LogP contribution < -0.4 is 10.6 Å². The smallest absolute Gasteiger partial charge is 0.107 e. The minimum Gasteiger partial charge on any atom is -0.389 e. The molecule has 2 rings (SSSR count). The zero-order chi connectivity index (χ0) is 13.5. The molecular weight excluding hydrogens is 246 g/mol. The summed E-state index contributed by atoms with van der Waals surface area (Å²) < 4.78 is 0. The van der Waals surface area contributed by atoms with Crippen molar-refractivity contribution < 1.29 is 5.11 Å². The molecule has 1 aliphatic heterocycles. The van der Waals surface area contributed by atoms with Gasteiger partial charge in [0.15, 0.2) is 0 Å². The van der Waals surface area contributed by atoms with E-state index >= 15 is 0 Å². The second-order valence-electron chi connectivity index (χ2n) is 5.28. The molecule has 1 fully saturated rings. The molecule has 1 saturated heterocycles. The number of nitrogens with two attached hydrogens (primary N) is 1. The summed E-state index contributed by atoms with van der Waals surface area (Å²) in [5.41, 5.74) is 8.77. The van der Waals surface area contributed by atoms with Crippen LogP contribution in [-0.2, 0) is 0 Å². The van der Waals surface area contributed by atoms with Gasteiger partial charge in [-0.05, 0) is 33.3 Å². The molecule has 98 valence electrons. The Balaban J connectivity index is 2.47. The van der Waals surface area contributed by atoms with Crippen molar-refractivity contribution >= 4 is 22.9 Å². The Kier molecular flexibility index (Phi) is 3.29. The number of pyridine rings is 1. The minimum atomic E-state index is -0.640. The standard InChI is InChI=1S/C13H19N3OS/c1-8-6-10(11(12(14)18)9(2)15-8)16-5-4-13(3,17)7-16/h6,17H,4-5,7H2,1-3H3,(H2,14,18). The topological polar surface area (TPSA) is 62.4 Å². The molecule has 3 N–H and O–H groups in total. The number of aliphatic hydroxyl groups is 1. The van der Waals surface area contributed by atoms with E-state index in [4.69, 9.17) is 18.0 Å². The van der Waals surface area contributed by atoms with E-state index in [1.807, 2.05) is 26.8 Å². The van der Waals surface area contributed by atoms with Crippen LogP contribution in [0.25, 0.3) is 0 Å². The number of rotatable bonds is 2. The van der Waals surface area contributed by atoms with E-state index in [0.717, 1.165) is 35.6 Å². The number of nitrogens with zero attached hydrogens (tertiary/aromatic N) is 2. The Bertz CT molecular complexity index is 499. The minimum absolute atomic E-state index is 0.363. The third-order valence-electron chi connectivity index (χ3n) is 3.35. The second kappa shape index (κ2) is 4.48. The van der Waals surface area contributed by atoms with Gasteiger partial charge in [0.25, 0.3) is 0 Å². The van der Waals surface area contributed by atoms with Gasteiger partial charge >= 0.3 is 0 Å². The van der Waals surface area contributed by atoms with Gasteiger partial charge in [-0.25, -0.2) is 0 Å². The van der Waals surface area contributed by atoms with Crippen LogP contribution in [0.4, 0.5) is 5.69 Å². The van der Waals surface area contributed by atoms with Crippen molar-refractivity contribution in [3.05, 3.63) is 23.0 Å². The Hall–Kier alpha value is -1.20. The molecule has 0 saturated carbocycles. The van der Waals surface area contributed by atoms with Crippen molar-refractivity contribution in [1.29, 1.82) is 0 Å². The normalized spacial score (nSPS) is 23.4. The predicted molar refractivity (Wildman–Crippen MR) is 77.1 cm³/mol. The molecule has 1 aliphatic rings. The van der Waals surface area contributed by atoms with Crippen molar-refractivity contribution in [1.82, 2.24) is 4.98 Å². The van der Waals surface area contributed by atoms with Gasteiger partial charge in [0.2, 0.25) is 0 Å². The number of β-amino-alcohol motifs (C(OH)–C–C–N with tert-alkyl or cyclic N) is 1. The second-order valence-corrected chi connectivity index (χ2v) is 5.72. The van der Waals surface area contributed by atoms with Crippen LogP contribution in [0.5, 0.6) is 0 Å². The van der Waals surface area contributed by atoms with E-state index in [-0.39, 0.29) is 0 Å². The zero-order valence-corrected chi connectivity index (χ0v) is 11.8. The molecule has 1 unspecified atom stereocenters. The summed E-state index contributed by atoms with van der Waals surface area (Å²) in [6, 6.07) is 1.99. The largest absolute Gasteiger partial charge is 0.389 e. The molecule has 0 spiro atoms. The molecule has 2 heterocycles. The molecular formula is C13H19N3OS. The van der Waals surface area contributed by atoms with E-state index < -0.39 is 5.60 Å². The molecule has 0 aliphatic carbocycles. The van der Waals surface area contributed by atoms with E-state index in [9.17, 15) is 5.11 Å². The maximum Gasteiger partial charge on any atom is 0.107 e. The molecule has 0 bridgehead atoms. The third-order valence-corrected chi connectivity index (χ3v) is 3.55.